The first-order valence-corrected chi connectivity index (χ1v) is 34.5. The second-order valence-corrected chi connectivity index (χ2v) is 26.5. The average Bonchev–Trinajstić information content (AvgIpc) is 0.767. The van der Waals surface area contributed by atoms with Gasteiger partial charge in [-0.05, 0) is 0 Å². The minimum Gasteiger partial charge on any atom is -0.479 e. The molecule has 93 heavy (non-hydrogen) atoms. The van der Waals surface area contributed by atoms with Crippen LogP contribution in [0.5, 0.6) is 0 Å². The van der Waals surface area contributed by atoms with E-state index in [9.17, 15) is 116 Å². The number of rotatable bonds is 34. The van der Waals surface area contributed by atoms with Crippen molar-refractivity contribution in [2.45, 2.75) is 154 Å². The summed E-state index contributed by atoms with van der Waals surface area (Å²) in [5.41, 5.74) is 0. The zero-order valence-electron chi connectivity index (χ0n) is 47.8. The second kappa shape index (κ2) is 32.6. The molecule has 56 heteroatoms. The molecular weight excluding hydrogens is 1450 g/mol. The minimum atomic E-state index is -6.20. The summed E-state index contributed by atoms with van der Waals surface area (Å²) in [6.45, 7) is -4.42. The van der Waals surface area contributed by atoms with Gasteiger partial charge in [0.2, 0.25) is 0 Å². The third-order valence-electron chi connectivity index (χ3n) is 13.4. The molecule has 0 spiro atoms. The number of hydrogen-bond acceptors (Lipinski definition) is 40. The predicted octanol–water partition coefficient (Wildman–Crippen LogP) is -8.37. The Morgan fingerprint density at radius 3 is 0.849 bits per heavy atom. The lowest BCUT2D eigenvalue weighted by Gasteiger charge is -2.51. The highest BCUT2D eigenvalue weighted by Crippen LogP contribution is 2.41. The molecular formula is C37H62O49S7. The van der Waals surface area contributed by atoms with Gasteiger partial charge in [-0.3, -0.25) is 31.9 Å². The molecule has 546 valence electrons. The Morgan fingerprint density at radius 2 is 0.548 bits per heavy atom. The molecule has 0 aromatic heterocycles. The Hall–Kier alpha value is -2.65. The van der Waals surface area contributed by atoms with Crippen LogP contribution < -0.4 is 0 Å². The first-order valence-electron chi connectivity index (χ1n) is 24.9. The van der Waals surface area contributed by atoms with Crippen molar-refractivity contribution in [2.24, 2.45) is 0 Å². The zero-order chi connectivity index (χ0) is 70.5. The maximum atomic E-state index is 13.3. The minimum absolute atomic E-state index is 0.691. The predicted molar refractivity (Wildman–Crippen MR) is 274 cm³/mol. The van der Waals surface area contributed by atoms with E-state index in [1.54, 1.807) is 0 Å². The molecule has 0 unspecified atom stereocenters. The molecule has 0 aromatic carbocycles. The molecule has 0 radical (unpaired) electrons. The van der Waals surface area contributed by atoms with E-state index in [0.717, 1.165) is 35.5 Å². The number of carboxylic acid groups (broad SMARTS) is 2. The van der Waals surface area contributed by atoms with Crippen LogP contribution in [0.1, 0.15) is 0 Å². The summed E-state index contributed by atoms with van der Waals surface area (Å²) in [4.78, 5) is 26.5. The van der Waals surface area contributed by atoms with Gasteiger partial charge < -0.3 is 91.1 Å². The molecule has 0 aromatic rings. The monoisotopic (exact) mass is 1510 g/mol. The van der Waals surface area contributed by atoms with Crippen molar-refractivity contribution in [1.82, 2.24) is 0 Å². The third kappa shape index (κ3) is 22.7. The van der Waals surface area contributed by atoms with Crippen LogP contribution >= 0.6 is 0 Å². The molecule has 5 aliphatic heterocycles. The molecule has 0 bridgehead atoms. The fraction of sp³-hybridized carbons (Fsp3) is 0.946. The quantitative estimate of drug-likeness (QED) is 0.0268. The highest BCUT2D eigenvalue weighted by Gasteiger charge is 2.62. The number of aliphatic hydroxyl groups is 1. The molecule has 0 amide bonds. The zero-order valence-corrected chi connectivity index (χ0v) is 53.5. The lowest BCUT2D eigenvalue weighted by molar-refractivity contribution is -0.388. The summed E-state index contributed by atoms with van der Waals surface area (Å²) in [6, 6.07) is 0. The van der Waals surface area contributed by atoms with Crippen molar-refractivity contribution < 1.29 is 221 Å². The molecule has 5 fully saturated rings. The second-order valence-electron chi connectivity index (χ2n) is 19.1. The van der Waals surface area contributed by atoms with E-state index >= 15 is 0 Å². The SMILES string of the molecule is CO[C@@H]1[C@@H](OC)[C@H](O[C@H]2[C@H](OS(=O)(=O)O)[C@@H](OS(=O)(=O)O)[C@@H](O[C@H]3[C@H](OC)[C@@H](OC)[C@H](O[C@H]4[C@H](OS(=O)(=O)O)[C@@H](OS(=O)(=O)O)[C@@H](O)O[C@@H]4COS(=O)(=O)O)O[C@H]3C(=O)O)O[C@@H]2COS(=O)(=O)O)O[C@H](C(=O)O)[C@H]1O[C@H]1O[C@H](COS(=O)(=O)O)[C@@H](OC)[C@H](OC)[C@H]1OC. The maximum absolute atomic E-state index is 13.3. The summed E-state index contributed by atoms with van der Waals surface area (Å²) < 4.78 is 359. The first-order chi connectivity index (χ1) is 42.7. The van der Waals surface area contributed by atoms with Crippen LogP contribution in [0.3, 0.4) is 0 Å². The van der Waals surface area contributed by atoms with E-state index in [1.807, 2.05) is 0 Å². The number of aliphatic hydroxyl groups excluding tert-OH is 1. The van der Waals surface area contributed by atoms with Crippen LogP contribution in [-0.2, 0) is 187 Å². The Bertz CT molecular complexity index is 3320. The molecule has 5 heterocycles. The number of hydrogen-bond donors (Lipinski definition) is 10. The van der Waals surface area contributed by atoms with Gasteiger partial charge in [0, 0.05) is 49.8 Å². The molecule has 5 aliphatic rings. The summed E-state index contributed by atoms with van der Waals surface area (Å²) in [6.07, 6.45) is -60.2. The van der Waals surface area contributed by atoms with Crippen molar-refractivity contribution in [1.29, 1.82) is 0 Å². The summed E-state index contributed by atoms with van der Waals surface area (Å²) in [5.74, 6) is -4.31. The van der Waals surface area contributed by atoms with Gasteiger partial charge in [0.1, 0.15) is 97.7 Å². The van der Waals surface area contributed by atoms with Crippen molar-refractivity contribution >= 4 is 84.7 Å². The van der Waals surface area contributed by atoms with E-state index < -0.39 is 258 Å². The van der Waals surface area contributed by atoms with Gasteiger partial charge in [-0.2, -0.15) is 58.9 Å². The molecule has 0 aliphatic carbocycles. The van der Waals surface area contributed by atoms with Gasteiger partial charge in [0.25, 0.3) is 0 Å². The van der Waals surface area contributed by atoms with E-state index in [1.165, 1.54) is 0 Å². The average molecular weight is 1520 g/mol. The topological polar surface area (TPSA) is 688 Å². The summed E-state index contributed by atoms with van der Waals surface area (Å²) in [5, 5.41) is 32.0. The van der Waals surface area contributed by atoms with Gasteiger partial charge in [-0.25, -0.2) is 38.9 Å². The molecule has 49 nitrogen and oxygen atoms in total. The van der Waals surface area contributed by atoms with Crippen LogP contribution in [0.25, 0.3) is 0 Å². The molecule has 5 saturated heterocycles. The van der Waals surface area contributed by atoms with E-state index in [4.69, 9.17) is 84.2 Å². The van der Waals surface area contributed by atoms with E-state index in [2.05, 4.69) is 20.9 Å². The largest absolute Gasteiger partial charge is 0.479 e. The molecule has 10 N–H and O–H groups in total. The summed E-state index contributed by atoms with van der Waals surface area (Å²) in [7, 11) is -34.3. The van der Waals surface area contributed by atoms with Gasteiger partial charge in [-0.1, -0.05) is 0 Å². The van der Waals surface area contributed by atoms with Crippen LogP contribution in [0.15, 0.2) is 0 Å². The fourth-order valence-electron chi connectivity index (χ4n) is 10.0. The molecule has 25 atom stereocenters. The van der Waals surface area contributed by atoms with E-state index in [-0.39, 0.29) is 0 Å². The number of ether oxygens (including phenoxy) is 16. The smallest absolute Gasteiger partial charge is 0.397 e. The highest BCUT2D eigenvalue weighted by molar-refractivity contribution is 7.82. The van der Waals surface area contributed by atoms with Crippen molar-refractivity contribution in [2.75, 3.05) is 69.6 Å². The lowest BCUT2D eigenvalue weighted by atomic mass is 9.94. The third-order valence-corrected chi connectivity index (χ3v) is 16.6. The van der Waals surface area contributed by atoms with Crippen LogP contribution in [-0.4, -0.2) is 341 Å². The van der Waals surface area contributed by atoms with Crippen molar-refractivity contribution in [3.05, 3.63) is 0 Å². The maximum Gasteiger partial charge on any atom is 0.397 e. The lowest BCUT2D eigenvalue weighted by Crippen LogP contribution is -2.70. The number of aliphatic carboxylic acids is 2. The normalized spacial score (nSPS) is 37.9. The van der Waals surface area contributed by atoms with Crippen LogP contribution in [0.2, 0.25) is 0 Å². The van der Waals surface area contributed by atoms with Crippen molar-refractivity contribution in [3.8, 4) is 0 Å². The van der Waals surface area contributed by atoms with Crippen LogP contribution in [0.4, 0.5) is 0 Å². The fourth-order valence-corrected chi connectivity index (χ4v) is 12.9. The summed E-state index contributed by atoms with van der Waals surface area (Å²) >= 11 is 0. The molecule has 5 rings (SSSR count). The number of methoxy groups -OCH3 is 7. The van der Waals surface area contributed by atoms with E-state index in [0.29, 0.717) is 14.2 Å². The van der Waals surface area contributed by atoms with Gasteiger partial charge in [0.15, 0.2) is 55.9 Å². The van der Waals surface area contributed by atoms with Gasteiger partial charge in [-0.15, -0.1) is 0 Å². The van der Waals surface area contributed by atoms with Gasteiger partial charge >= 0.3 is 84.7 Å². The molecule has 0 saturated carbocycles. The van der Waals surface area contributed by atoms with Crippen molar-refractivity contribution in [3.63, 3.8) is 0 Å². The Kier molecular flexibility index (Phi) is 28.4. The Balaban J connectivity index is 1.62. The highest BCUT2D eigenvalue weighted by atomic mass is 32.3. The number of carbonyl (C=O) groups is 2. The Morgan fingerprint density at radius 1 is 0.301 bits per heavy atom. The first kappa shape index (κ1) is 81.0. The van der Waals surface area contributed by atoms with Gasteiger partial charge in [0.05, 0.1) is 19.8 Å². The van der Waals surface area contributed by atoms with Crippen LogP contribution in [0, 0.1) is 0 Å². The number of carboxylic acids is 2. The standard InChI is InChI=1S/C37H62O49S7/c1-64-14-11(8-71-87(43,44)45)75-34(27(68-5)17(14)65-2)79-20-18(66-3)28(69-6)36(81-24(20)31(38)39)78-16-13(10-73-89(49,50)51)76-37(30(86-93(61,62)63)23(16)84-91(55,56)57)80-21-19(67-4)29(70-7)35(82-25(21)32(40)41)77-15-12(9-72-88(46,47)48)74-33(42)26(85-92(58,59)60)22(15)83-90(52,53)54/h11-30,33-37,42H,8-10H2,1-7H3,(H,38,39)(H,40,41)(H,43,44,45)(H,46,47,48)(H,49,50,51)(H,52,53,54)(H,55,56,57)(H,58,59,60)(H,61,62,63)/t11-,12-,13-,14-,15-,16-,17+,18+,19+,20+,21+,22+,23+,24+,25-,26-,27-,28-,29-,30-,33+,34-,35-,36-,37-/m1/s1. The Labute approximate surface area is 526 Å².